The van der Waals surface area contributed by atoms with Crippen LogP contribution in [0, 0.1) is 0 Å². The van der Waals surface area contributed by atoms with Gasteiger partial charge in [0, 0.05) is 23.9 Å². The molecule has 3 aromatic rings. The highest BCUT2D eigenvalue weighted by atomic mass is 16.5. The van der Waals surface area contributed by atoms with Crippen LogP contribution in [-0.4, -0.2) is 20.1 Å². The lowest BCUT2D eigenvalue weighted by Gasteiger charge is -2.03. The molecule has 1 aromatic carbocycles. The second-order valence-electron chi connectivity index (χ2n) is 4.89. The fourth-order valence-corrected chi connectivity index (χ4v) is 1.96. The maximum Gasteiger partial charge on any atom is 0.321 e. The Bertz CT molecular complexity index is 736. The molecule has 4 rings (SSSR count). The largest absolute Gasteiger partial charge is 0.424 e. The van der Waals surface area contributed by atoms with Crippen molar-refractivity contribution in [2.45, 2.75) is 18.8 Å². The van der Waals surface area contributed by atoms with Crippen molar-refractivity contribution in [1.29, 1.82) is 0 Å². The summed E-state index contributed by atoms with van der Waals surface area (Å²) in [5.41, 5.74) is 0.895. The quantitative estimate of drug-likeness (QED) is 0.730. The van der Waals surface area contributed by atoms with Gasteiger partial charge in [0.1, 0.15) is 5.75 Å². The molecule has 2 aromatic heterocycles. The zero-order valence-corrected chi connectivity index (χ0v) is 11.1. The van der Waals surface area contributed by atoms with E-state index in [9.17, 15) is 0 Å². The number of ether oxygens (including phenoxy) is 1. The fourth-order valence-electron chi connectivity index (χ4n) is 1.96. The number of rotatable bonds is 4. The van der Waals surface area contributed by atoms with Crippen LogP contribution in [0.4, 0.5) is 0 Å². The van der Waals surface area contributed by atoms with Crippen LogP contribution in [0.5, 0.6) is 11.8 Å². The first kappa shape index (κ1) is 12.0. The molecule has 1 fully saturated rings. The molecule has 2 heterocycles. The zero-order valence-electron chi connectivity index (χ0n) is 11.1. The van der Waals surface area contributed by atoms with Gasteiger partial charge in [-0.1, -0.05) is 5.16 Å². The smallest absolute Gasteiger partial charge is 0.321 e. The summed E-state index contributed by atoms with van der Waals surface area (Å²) in [5.74, 6) is 2.47. The highest BCUT2D eigenvalue weighted by molar-refractivity contribution is 5.55. The van der Waals surface area contributed by atoms with Gasteiger partial charge in [0.15, 0.2) is 0 Å². The van der Waals surface area contributed by atoms with Gasteiger partial charge < -0.3 is 9.26 Å². The predicted molar refractivity (Wildman–Crippen MR) is 73.8 cm³/mol. The summed E-state index contributed by atoms with van der Waals surface area (Å²) in [7, 11) is 0. The highest BCUT2D eigenvalue weighted by Gasteiger charge is 2.29. The van der Waals surface area contributed by atoms with Crippen molar-refractivity contribution >= 4 is 0 Å². The monoisotopic (exact) mass is 280 g/mol. The molecule has 1 saturated carbocycles. The first-order valence-electron chi connectivity index (χ1n) is 6.77. The van der Waals surface area contributed by atoms with E-state index in [1.54, 1.807) is 18.5 Å². The van der Waals surface area contributed by atoms with Crippen LogP contribution in [0.25, 0.3) is 11.4 Å². The number of aromatic nitrogens is 4. The summed E-state index contributed by atoms with van der Waals surface area (Å²) in [6, 6.07) is 9.50. The van der Waals surface area contributed by atoms with E-state index < -0.39 is 0 Å². The van der Waals surface area contributed by atoms with Gasteiger partial charge in [-0.3, -0.25) is 0 Å². The summed E-state index contributed by atoms with van der Waals surface area (Å²) in [4.78, 5) is 12.4. The zero-order chi connectivity index (χ0) is 14.1. The number of hydrogen-bond donors (Lipinski definition) is 0. The summed E-state index contributed by atoms with van der Waals surface area (Å²) >= 11 is 0. The van der Waals surface area contributed by atoms with Crippen LogP contribution in [-0.2, 0) is 0 Å². The van der Waals surface area contributed by atoms with Gasteiger partial charge in [0.05, 0.1) is 0 Å². The Morgan fingerprint density at radius 3 is 2.52 bits per heavy atom. The molecule has 0 bridgehead atoms. The molecule has 1 aliphatic rings. The molecule has 0 amide bonds. The van der Waals surface area contributed by atoms with Crippen molar-refractivity contribution in [3.63, 3.8) is 0 Å². The van der Waals surface area contributed by atoms with E-state index in [1.807, 2.05) is 24.3 Å². The normalized spacial score (nSPS) is 14.1. The van der Waals surface area contributed by atoms with E-state index in [0.717, 1.165) is 24.3 Å². The molecule has 0 atom stereocenters. The SMILES string of the molecule is c1cnc(Oc2ccc(-c3noc(C4CC4)n3)cc2)nc1. The Kier molecular flexibility index (Phi) is 2.85. The summed E-state index contributed by atoms with van der Waals surface area (Å²) < 4.78 is 10.8. The van der Waals surface area contributed by atoms with Crippen molar-refractivity contribution in [1.82, 2.24) is 20.1 Å². The Balaban J connectivity index is 1.52. The number of benzene rings is 1. The molecule has 0 aliphatic heterocycles. The average molecular weight is 280 g/mol. The van der Waals surface area contributed by atoms with Gasteiger partial charge in [-0.05, 0) is 43.2 Å². The molecule has 104 valence electrons. The van der Waals surface area contributed by atoms with Gasteiger partial charge in [-0.25, -0.2) is 9.97 Å². The fraction of sp³-hybridized carbons (Fsp3) is 0.200. The third-order valence-electron chi connectivity index (χ3n) is 3.23. The predicted octanol–water partition coefficient (Wildman–Crippen LogP) is 3.20. The molecule has 0 radical (unpaired) electrons. The first-order chi connectivity index (χ1) is 10.4. The minimum atomic E-state index is 0.320. The van der Waals surface area contributed by atoms with E-state index in [-0.39, 0.29) is 0 Å². The highest BCUT2D eigenvalue weighted by Crippen LogP contribution is 2.39. The molecule has 6 heteroatoms. The molecule has 1 aliphatic carbocycles. The van der Waals surface area contributed by atoms with Crippen molar-refractivity contribution < 1.29 is 9.26 Å². The summed E-state index contributed by atoms with van der Waals surface area (Å²) in [5, 5.41) is 4.01. The molecule has 0 spiro atoms. The van der Waals surface area contributed by atoms with E-state index in [4.69, 9.17) is 9.26 Å². The first-order valence-corrected chi connectivity index (χ1v) is 6.77. The van der Waals surface area contributed by atoms with E-state index in [2.05, 4.69) is 20.1 Å². The number of hydrogen-bond acceptors (Lipinski definition) is 6. The minimum Gasteiger partial charge on any atom is -0.424 e. The van der Waals surface area contributed by atoms with Crippen LogP contribution in [0.2, 0.25) is 0 Å². The Morgan fingerprint density at radius 1 is 1.05 bits per heavy atom. The topological polar surface area (TPSA) is 73.9 Å². The van der Waals surface area contributed by atoms with Crippen LogP contribution < -0.4 is 4.74 Å². The van der Waals surface area contributed by atoms with Gasteiger partial charge >= 0.3 is 6.01 Å². The van der Waals surface area contributed by atoms with Gasteiger partial charge in [-0.2, -0.15) is 4.98 Å². The van der Waals surface area contributed by atoms with E-state index in [1.165, 1.54) is 0 Å². The van der Waals surface area contributed by atoms with Gasteiger partial charge in [0.25, 0.3) is 0 Å². The second-order valence-corrected chi connectivity index (χ2v) is 4.89. The van der Waals surface area contributed by atoms with Crippen molar-refractivity contribution in [3.8, 4) is 23.1 Å². The van der Waals surface area contributed by atoms with Crippen LogP contribution in [0.15, 0.2) is 47.2 Å². The third-order valence-corrected chi connectivity index (χ3v) is 3.23. The maximum atomic E-state index is 5.54. The van der Waals surface area contributed by atoms with Gasteiger partial charge in [0.2, 0.25) is 11.7 Å². The Morgan fingerprint density at radius 2 is 1.81 bits per heavy atom. The van der Waals surface area contributed by atoms with Crippen molar-refractivity contribution in [3.05, 3.63) is 48.6 Å². The molecular weight excluding hydrogens is 268 g/mol. The van der Waals surface area contributed by atoms with Crippen LogP contribution in [0.1, 0.15) is 24.7 Å². The third kappa shape index (κ3) is 2.60. The summed E-state index contributed by atoms with van der Waals surface area (Å²) in [6.07, 6.45) is 5.56. The van der Waals surface area contributed by atoms with E-state index >= 15 is 0 Å². The summed E-state index contributed by atoms with van der Waals surface area (Å²) in [6.45, 7) is 0. The lowest BCUT2D eigenvalue weighted by Crippen LogP contribution is -1.90. The molecular formula is C15H12N4O2. The Hall–Kier alpha value is -2.76. The lowest BCUT2D eigenvalue weighted by molar-refractivity contribution is 0.380. The lowest BCUT2D eigenvalue weighted by atomic mass is 10.2. The molecule has 6 nitrogen and oxygen atoms in total. The second kappa shape index (κ2) is 4.97. The number of nitrogens with zero attached hydrogens (tertiary/aromatic N) is 4. The van der Waals surface area contributed by atoms with Crippen molar-refractivity contribution in [2.75, 3.05) is 0 Å². The van der Waals surface area contributed by atoms with Crippen LogP contribution in [0.3, 0.4) is 0 Å². The van der Waals surface area contributed by atoms with E-state index in [0.29, 0.717) is 23.5 Å². The molecule has 0 unspecified atom stereocenters. The van der Waals surface area contributed by atoms with Crippen LogP contribution >= 0.6 is 0 Å². The van der Waals surface area contributed by atoms with Gasteiger partial charge in [-0.15, -0.1) is 0 Å². The molecule has 21 heavy (non-hydrogen) atoms. The molecule has 0 N–H and O–H groups in total. The van der Waals surface area contributed by atoms with Crippen molar-refractivity contribution in [2.24, 2.45) is 0 Å². The Labute approximate surface area is 120 Å². The maximum absolute atomic E-state index is 5.54. The molecule has 0 saturated heterocycles. The standard InChI is InChI=1S/C15H12N4O2/c1-8-16-15(17-9-1)20-12-6-4-10(5-7-12)13-18-14(21-19-13)11-2-3-11/h1,4-9,11H,2-3H2. The average Bonchev–Trinajstić information content (AvgIpc) is 3.27. The minimum absolute atomic E-state index is 0.320.